The van der Waals surface area contributed by atoms with Gasteiger partial charge in [-0.05, 0) is 33.6 Å². The van der Waals surface area contributed by atoms with E-state index in [1.54, 1.807) is 25.8 Å². The van der Waals surface area contributed by atoms with Gasteiger partial charge in [-0.1, -0.05) is 6.42 Å². The zero-order chi connectivity index (χ0) is 13.1. The number of nitrogens with zero attached hydrogens (tertiary/aromatic N) is 1. The van der Waals surface area contributed by atoms with Crippen LogP contribution in [0, 0.1) is 5.41 Å². The molecule has 1 fully saturated rings. The van der Waals surface area contributed by atoms with Crippen LogP contribution in [0.1, 0.15) is 40.0 Å². The van der Waals surface area contributed by atoms with Crippen molar-refractivity contribution >= 4 is 5.91 Å². The summed E-state index contributed by atoms with van der Waals surface area (Å²) >= 11 is 0. The van der Waals surface area contributed by atoms with E-state index in [1.165, 1.54) is 0 Å². The Morgan fingerprint density at radius 1 is 1.47 bits per heavy atom. The number of carbonyl (C=O) groups excluding carboxylic acids is 1. The molecule has 4 heteroatoms. The Labute approximate surface area is 104 Å². The molecule has 0 radical (unpaired) electrons. The van der Waals surface area contributed by atoms with Crippen LogP contribution >= 0.6 is 0 Å². The van der Waals surface area contributed by atoms with E-state index < -0.39 is 5.60 Å². The van der Waals surface area contributed by atoms with Gasteiger partial charge in [-0.15, -0.1) is 0 Å². The summed E-state index contributed by atoms with van der Waals surface area (Å²) in [5.41, 5.74) is -0.837. The summed E-state index contributed by atoms with van der Waals surface area (Å²) in [7, 11) is 1.79. The van der Waals surface area contributed by atoms with Crippen LogP contribution in [0.2, 0.25) is 0 Å². The molecule has 1 amide bonds. The second kappa shape index (κ2) is 5.36. The van der Waals surface area contributed by atoms with Crippen molar-refractivity contribution in [1.82, 2.24) is 4.90 Å². The van der Waals surface area contributed by atoms with Crippen LogP contribution in [0.5, 0.6) is 0 Å². The predicted octanol–water partition coefficient (Wildman–Crippen LogP) is 1.42. The number of ether oxygens (including phenoxy) is 1. The maximum atomic E-state index is 12.2. The lowest BCUT2D eigenvalue weighted by atomic mass is 9.69. The van der Waals surface area contributed by atoms with Gasteiger partial charge < -0.3 is 14.7 Å². The van der Waals surface area contributed by atoms with Gasteiger partial charge in [0.1, 0.15) is 5.60 Å². The number of carbonyl (C=O) groups is 1. The average Bonchev–Trinajstić information content (AvgIpc) is 2.22. The van der Waals surface area contributed by atoms with E-state index in [4.69, 9.17) is 4.74 Å². The standard InChI is InChI=1S/C13H25NO3/c1-5-17-12(2,3)11(16)14(4)9-13(10-15)7-6-8-13/h15H,5-10H2,1-4H3. The lowest BCUT2D eigenvalue weighted by molar-refractivity contribution is -0.155. The van der Waals surface area contributed by atoms with Gasteiger partial charge in [0.2, 0.25) is 0 Å². The topological polar surface area (TPSA) is 49.8 Å². The van der Waals surface area contributed by atoms with Crippen molar-refractivity contribution in [2.24, 2.45) is 5.41 Å². The molecule has 0 aromatic heterocycles. The molecule has 1 N–H and O–H groups in total. The third-order valence-electron chi connectivity index (χ3n) is 3.69. The van der Waals surface area contributed by atoms with Crippen LogP contribution in [-0.2, 0) is 9.53 Å². The van der Waals surface area contributed by atoms with Crippen LogP contribution in [0.25, 0.3) is 0 Å². The van der Waals surface area contributed by atoms with Crippen molar-refractivity contribution in [2.45, 2.75) is 45.6 Å². The van der Waals surface area contributed by atoms with Crippen molar-refractivity contribution < 1.29 is 14.6 Å². The van der Waals surface area contributed by atoms with Gasteiger partial charge in [0, 0.05) is 25.6 Å². The van der Waals surface area contributed by atoms with Crippen molar-refractivity contribution in [1.29, 1.82) is 0 Å². The lowest BCUT2D eigenvalue weighted by Gasteiger charge is -2.44. The van der Waals surface area contributed by atoms with Crippen LogP contribution < -0.4 is 0 Å². The summed E-state index contributed by atoms with van der Waals surface area (Å²) < 4.78 is 5.46. The Kier molecular flexibility index (Phi) is 4.55. The summed E-state index contributed by atoms with van der Waals surface area (Å²) in [6.07, 6.45) is 3.17. The Morgan fingerprint density at radius 3 is 2.41 bits per heavy atom. The largest absolute Gasteiger partial charge is 0.396 e. The number of rotatable bonds is 6. The molecule has 0 aliphatic heterocycles. The maximum absolute atomic E-state index is 12.2. The molecule has 17 heavy (non-hydrogen) atoms. The third kappa shape index (κ3) is 3.19. The minimum atomic E-state index is -0.774. The monoisotopic (exact) mass is 243 g/mol. The molecule has 0 aromatic rings. The SMILES string of the molecule is CCOC(C)(C)C(=O)N(C)CC1(CO)CCC1. The molecule has 0 atom stereocenters. The highest BCUT2D eigenvalue weighted by molar-refractivity contribution is 5.84. The van der Waals surface area contributed by atoms with Crippen molar-refractivity contribution in [2.75, 3.05) is 26.8 Å². The van der Waals surface area contributed by atoms with E-state index in [2.05, 4.69) is 0 Å². The molecule has 1 rings (SSSR count). The quantitative estimate of drug-likeness (QED) is 0.767. The van der Waals surface area contributed by atoms with Gasteiger partial charge in [-0.2, -0.15) is 0 Å². The van der Waals surface area contributed by atoms with Crippen LogP contribution in [-0.4, -0.2) is 48.3 Å². The first-order valence-electron chi connectivity index (χ1n) is 6.37. The lowest BCUT2D eigenvalue weighted by Crippen LogP contribution is -2.51. The first-order chi connectivity index (χ1) is 7.87. The van der Waals surface area contributed by atoms with Gasteiger partial charge in [0.15, 0.2) is 0 Å². The number of aliphatic hydroxyl groups is 1. The molecule has 1 aliphatic rings. The van der Waals surface area contributed by atoms with Gasteiger partial charge in [0.05, 0.1) is 6.61 Å². The predicted molar refractivity (Wildman–Crippen MR) is 66.7 cm³/mol. The molecule has 0 bridgehead atoms. The van der Waals surface area contributed by atoms with E-state index in [0.717, 1.165) is 19.3 Å². The second-order valence-corrected chi connectivity index (χ2v) is 5.62. The maximum Gasteiger partial charge on any atom is 0.253 e. The first-order valence-corrected chi connectivity index (χ1v) is 6.37. The Morgan fingerprint density at radius 2 is 2.06 bits per heavy atom. The number of aliphatic hydroxyl groups excluding tert-OH is 1. The zero-order valence-electron chi connectivity index (χ0n) is 11.5. The molecule has 4 nitrogen and oxygen atoms in total. The number of hydrogen-bond acceptors (Lipinski definition) is 3. The Bertz CT molecular complexity index is 266. The summed E-state index contributed by atoms with van der Waals surface area (Å²) in [5, 5.41) is 9.40. The smallest absolute Gasteiger partial charge is 0.253 e. The van der Waals surface area contributed by atoms with Gasteiger partial charge in [0.25, 0.3) is 5.91 Å². The minimum Gasteiger partial charge on any atom is -0.396 e. The van der Waals surface area contributed by atoms with E-state index in [1.807, 2.05) is 6.92 Å². The highest BCUT2D eigenvalue weighted by Gasteiger charge is 2.40. The van der Waals surface area contributed by atoms with Crippen molar-refractivity contribution in [3.8, 4) is 0 Å². The molecule has 100 valence electrons. The van der Waals surface area contributed by atoms with E-state index in [0.29, 0.717) is 13.2 Å². The van der Waals surface area contributed by atoms with E-state index in [9.17, 15) is 9.90 Å². The Hall–Kier alpha value is -0.610. The fourth-order valence-corrected chi connectivity index (χ4v) is 2.50. The molecule has 0 spiro atoms. The molecular weight excluding hydrogens is 218 g/mol. The summed E-state index contributed by atoms with van der Waals surface area (Å²) in [6, 6.07) is 0. The normalized spacial score (nSPS) is 18.6. The number of likely N-dealkylation sites (N-methyl/N-ethyl adjacent to an activating group) is 1. The second-order valence-electron chi connectivity index (χ2n) is 5.62. The number of hydrogen-bond donors (Lipinski definition) is 1. The van der Waals surface area contributed by atoms with Crippen LogP contribution in [0.15, 0.2) is 0 Å². The number of amides is 1. The van der Waals surface area contributed by atoms with Gasteiger partial charge >= 0.3 is 0 Å². The molecule has 0 unspecified atom stereocenters. The molecule has 0 heterocycles. The zero-order valence-corrected chi connectivity index (χ0v) is 11.5. The molecule has 1 aliphatic carbocycles. The molecular formula is C13H25NO3. The first kappa shape index (κ1) is 14.5. The Balaban J connectivity index is 2.57. The average molecular weight is 243 g/mol. The summed E-state index contributed by atoms with van der Waals surface area (Å²) in [4.78, 5) is 13.9. The van der Waals surface area contributed by atoms with Gasteiger partial charge in [-0.25, -0.2) is 0 Å². The van der Waals surface area contributed by atoms with Crippen LogP contribution in [0.3, 0.4) is 0 Å². The highest BCUT2D eigenvalue weighted by atomic mass is 16.5. The van der Waals surface area contributed by atoms with Crippen molar-refractivity contribution in [3.05, 3.63) is 0 Å². The third-order valence-corrected chi connectivity index (χ3v) is 3.69. The summed E-state index contributed by atoms with van der Waals surface area (Å²) in [5.74, 6) is -0.0147. The van der Waals surface area contributed by atoms with E-state index >= 15 is 0 Å². The van der Waals surface area contributed by atoms with Gasteiger partial charge in [-0.3, -0.25) is 4.79 Å². The minimum absolute atomic E-state index is 0.0147. The van der Waals surface area contributed by atoms with Crippen molar-refractivity contribution in [3.63, 3.8) is 0 Å². The molecule has 0 saturated heterocycles. The molecule has 0 aromatic carbocycles. The van der Waals surface area contributed by atoms with Crippen LogP contribution in [0.4, 0.5) is 0 Å². The molecule has 1 saturated carbocycles. The highest BCUT2D eigenvalue weighted by Crippen LogP contribution is 2.41. The van der Waals surface area contributed by atoms with E-state index in [-0.39, 0.29) is 17.9 Å². The fourth-order valence-electron chi connectivity index (χ4n) is 2.50. The summed E-state index contributed by atoms with van der Waals surface area (Å²) in [6.45, 7) is 6.79. The fraction of sp³-hybridized carbons (Fsp3) is 0.923.